The van der Waals surface area contributed by atoms with Gasteiger partial charge in [-0.3, -0.25) is 9.59 Å². The van der Waals surface area contributed by atoms with Gasteiger partial charge in [0, 0.05) is 31.0 Å². The summed E-state index contributed by atoms with van der Waals surface area (Å²) in [6, 6.07) is 2.94. The number of hydrogen-bond acceptors (Lipinski definition) is 5. The Morgan fingerprint density at radius 2 is 2.20 bits per heavy atom. The van der Waals surface area contributed by atoms with Gasteiger partial charge < -0.3 is 25.1 Å². The molecule has 2 aromatic rings. The molecule has 0 fully saturated rings. The molecule has 0 aliphatic heterocycles. The van der Waals surface area contributed by atoms with Gasteiger partial charge in [-0.1, -0.05) is 11.6 Å². The molecule has 0 saturated carbocycles. The fraction of sp³-hybridized carbons (Fsp3) is 0.312. The molecule has 2 rings (SSSR count). The first kappa shape index (κ1) is 18.6. The number of primary amides is 1. The van der Waals surface area contributed by atoms with E-state index in [0.29, 0.717) is 12.1 Å². The van der Waals surface area contributed by atoms with E-state index in [9.17, 15) is 9.59 Å². The van der Waals surface area contributed by atoms with E-state index in [2.05, 4.69) is 10.3 Å². The lowest BCUT2D eigenvalue weighted by Crippen LogP contribution is -2.25. The highest BCUT2D eigenvalue weighted by Gasteiger charge is 2.16. The number of aryl methyl sites for hydroxylation is 1. The van der Waals surface area contributed by atoms with Crippen molar-refractivity contribution in [1.82, 2.24) is 14.9 Å². The molecule has 0 spiro atoms. The number of aromatic nitrogens is 2. The first-order valence-corrected chi connectivity index (χ1v) is 7.91. The van der Waals surface area contributed by atoms with Crippen LogP contribution in [-0.4, -0.2) is 41.6 Å². The number of nitrogens with two attached hydrogens (primary N) is 1. The second-order valence-electron chi connectivity index (χ2n) is 5.15. The van der Waals surface area contributed by atoms with Gasteiger partial charge in [-0.15, -0.1) is 0 Å². The monoisotopic (exact) mass is 366 g/mol. The van der Waals surface area contributed by atoms with Crippen LogP contribution in [0.4, 0.5) is 0 Å². The molecule has 134 valence electrons. The van der Waals surface area contributed by atoms with Crippen molar-refractivity contribution in [2.45, 2.75) is 13.0 Å². The van der Waals surface area contributed by atoms with E-state index in [4.69, 9.17) is 26.8 Å². The van der Waals surface area contributed by atoms with Crippen LogP contribution >= 0.6 is 11.6 Å². The summed E-state index contributed by atoms with van der Waals surface area (Å²) in [7, 11) is 1.41. The Bertz CT molecular complexity index is 734. The average Bonchev–Trinajstić information content (AvgIpc) is 3.10. The van der Waals surface area contributed by atoms with E-state index in [-0.39, 0.29) is 29.0 Å². The molecule has 1 aromatic heterocycles. The molecule has 0 radical (unpaired) electrons. The van der Waals surface area contributed by atoms with Gasteiger partial charge in [-0.25, -0.2) is 4.98 Å². The van der Waals surface area contributed by atoms with Crippen LogP contribution in [0.3, 0.4) is 0 Å². The summed E-state index contributed by atoms with van der Waals surface area (Å²) >= 11 is 6.12. The molecule has 9 heteroatoms. The minimum absolute atomic E-state index is 0.157. The van der Waals surface area contributed by atoms with Crippen molar-refractivity contribution in [3.63, 3.8) is 0 Å². The van der Waals surface area contributed by atoms with E-state index < -0.39 is 5.91 Å². The zero-order chi connectivity index (χ0) is 18.2. The minimum atomic E-state index is -0.641. The van der Waals surface area contributed by atoms with Crippen molar-refractivity contribution < 1.29 is 19.1 Å². The summed E-state index contributed by atoms with van der Waals surface area (Å²) in [4.78, 5) is 27.0. The molecule has 0 bridgehead atoms. The highest BCUT2D eigenvalue weighted by molar-refractivity contribution is 6.32. The van der Waals surface area contributed by atoms with E-state index in [0.717, 1.165) is 13.0 Å². The van der Waals surface area contributed by atoms with Gasteiger partial charge in [0.1, 0.15) is 0 Å². The smallest absolute Gasteiger partial charge is 0.255 e. The second kappa shape index (κ2) is 8.93. The summed E-state index contributed by atoms with van der Waals surface area (Å²) < 4.78 is 12.3. The normalized spacial score (nSPS) is 10.3. The number of amides is 2. The molecular weight excluding hydrogens is 348 g/mol. The van der Waals surface area contributed by atoms with Gasteiger partial charge in [-0.2, -0.15) is 0 Å². The maximum absolute atomic E-state index is 12.2. The Kier molecular flexibility index (Phi) is 6.64. The average molecular weight is 367 g/mol. The van der Waals surface area contributed by atoms with E-state index in [1.165, 1.54) is 19.2 Å². The number of hydrogen-bond donors (Lipinski definition) is 2. The molecule has 1 aromatic carbocycles. The molecule has 0 unspecified atom stereocenters. The third-order valence-corrected chi connectivity index (χ3v) is 3.57. The SMILES string of the molecule is COc1cc(C(=O)NCCCn2ccnc2)cc(Cl)c1OCC(N)=O. The van der Waals surface area contributed by atoms with Crippen molar-refractivity contribution in [1.29, 1.82) is 0 Å². The first-order chi connectivity index (χ1) is 12.0. The van der Waals surface area contributed by atoms with Crippen LogP contribution in [0.5, 0.6) is 11.5 Å². The first-order valence-electron chi connectivity index (χ1n) is 7.54. The fourth-order valence-electron chi connectivity index (χ4n) is 2.12. The van der Waals surface area contributed by atoms with Crippen molar-refractivity contribution in [2.75, 3.05) is 20.3 Å². The third kappa shape index (κ3) is 5.39. The van der Waals surface area contributed by atoms with Gasteiger partial charge in [0.05, 0.1) is 18.5 Å². The number of nitrogens with zero attached hydrogens (tertiary/aromatic N) is 2. The summed E-state index contributed by atoms with van der Waals surface area (Å²) in [6.45, 7) is 0.914. The minimum Gasteiger partial charge on any atom is -0.493 e. The van der Waals surface area contributed by atoms with E-state index >= 15 is 0 Å². The lowest BCUT2D eigenvalue weighted by atomic mass is 10.2. The van der Waals surface area contributed by atoms with Gasteiger partial charge in [0.25, 0.3) is 11.8 Å². The molecule has 0 aliphatic rings. The molecule has 8 nitrogen and oxygen atoms in total. The number of halogens is 1. The number of rotatable bonds is 9. The molecule has 1 heterocycles. The lowest BCUT2D eigenvalue weighted by molar-refractivity contribution is -0.119. The Morgan fingerprint density at radius 3 is 2.84 bits per heavy atom. The second-order valence-corrected chi connectivity index (χ2v) is 5.56. The Hall–Kier alpha value is -2.74. The summed E-state index contributed by atoms with van der Waals surface area (Å²) in [5.74, 6) is -0.512. The maximum Gasteiger partial charge on any atom is 0.255 e. The van der Waals surface area contributed by atoms with Crippen LogP contribution in [0, 0.1) is 0 Å². The summed E-state index contributed by atoms with van der Waals surface area (Å²) in [5, 5.41) is 2.96. The number of nitrogens with one attached hydrogen (secondary N) is 1. The number of carbonyl (C=O) groups excluding carboxylic acids is 2. The van der Waals surface area contributed by atoms with Crippen LogP contribution in [0.25, 0.3) is 0 Å². The number of imidazole rings is 1. The van der Waals surface area contributed by atoms with Crippen LogP contribution in [0.15, 0.2) is 30.9 Å². The Labute approximate surface area is 149 Å². The largest absolute Gasteiger partial charge is 0.493 e. The quantitative estimate of drug-likeness (QED) is 0.649. The fourth-order valence-corrected chi connectivity index (χ4v) is 2.38. The Morgan fingerprint density at radius 1 is 1.40 bits per heavy atom. The lowest BCUT2D eigenvalue weighted by Gasteiger charge is -2.13. The molecule has 3 N–H and O–H groups in total. The standard InChI is InChI=1S/C16H19ClN4O4/c1-24-13-8-11(7-12(17)15(13)25-9-14(18)22)16(23)20-3-2-5-21-6-4-19-10-21/h4,6-8,10H,2-3,5,9H2,1H3,(H2,18,22)(H,20,23). The van der Waals surface area contributed by atoms with Gasteiger partial charge in [-0.05, 0) is 18.6 Å². The van der Waals surface area contributed by atoms with Crippen LogP contribution < -0.4 is 20.5 Å². The number of carbonyl (C=O) groups is 2. The van der Waals surface area contributed by atoms with Crippen molar-refractivity contribution in [2.24, 2.45) is 5.73 Å². The third-order valence-electron chi connectivity index (χ3n) is 3.29. The number of benzene rings is 1. The molecule has 0 saturated heterocycles. The van der Waals surface area contributed by atoms with E-state index in [1.807, 2.05) is 10.8 Å². The summed E-state index contributed by atoms with van der Waals surface area (Å²) in [5.41, 5.74) is 5.38. The van der Waals surface area contributed by atoms with Crippen molar-refractivity contribution >= 4 is 23.4 Å². The summed E-state index contributed by atoms with van der Waals surface area (Å²) in [6.07, 6.45) is 6.04. The van der Waals surface area contributed by atoms with Crippen LogP contribution in [-0.2, 0) is 11.3 Å². The van der Waals surface area contributed by atoms with Gasteiger partial charge >= 0.3 is 0 Å². The van der Waals surface area contributed by atoms with E-state index in [1.54, 1.807) is 12.5 Å². The van der Waals surface area contributed by atoms with Crippen LogP contribution in [0.2, 0.25) is 5.02 Å². The highest BCUT2D eigenvalue weighted by atomic mass is 35.5. The number of methoxy groups -OCH3 is 1. The topological polar surface area (TPSA) is 108 Å². The van der Waals surface area contributed by atoms with Crippen LogP contribution in [0.1, 0.15) is 16.8 Å². The maximum atomic E-state index is 12.2. The number of ether oxygens (including phenoxy) is 2. The van der Waals surface area contributed by atoms with Crippen molar-refractivity contribution in [3.05, 3.63) is 41.4 Å². The van der Waals surface area contributed by atoms with Gasteiger partial charge in [0.15, 0.2) is 18.1 Å². The predicted octanol–water partition coefficient (Wildman–Crippen LogP) is 1.23. The highest BCUT2D eigenvalue weighted by Crippen LogP contribution is 2.36. The Balaban J connectivity index is 1.96. The zero-order valence-corrected chi connectivity index (χ0v) is 14.5. The molecule has 2 amide bonds. The molecular formula is C16H19ClN4O4. The molecule has 0 aliphatic carbocycles. The molecule has 0 atom stereocenters. The predicted molar refractivity (Wildman–Crippen MR) is 91.9 cm³/mol. The zero-order valence-electron chi connectivity index (χ0n) is 13.7. The van der Waals surface area contributed by atoms with Gasteiger partial charge in [0.2, 0.25) is 0 Å². The molecule has 25 heavy (non-hydrogen) atoms. The van der Waals surface area contributed by atoms with Crippen molar-refractivity contribution in [3.8, 4) is 11.5 Å².